The summed E-state index contributed by atoms with van der Waals surface area (Å²) >= 11 is 0. The van der Waals surface area contributed by atoms with E-state index in [0.29, 0.717) is 12.5 Å². The van der Waals surface area contributed by atoms with Gasteiger partial charge in [0.15, 0.2) is 0 Å². The van der Waals surface area contributed by atoms with Crippen molar-refractivity contribution in [2.45, 2.75) is 83.2 Å². The predicted molar refractivity (Wildman–Crippen MR) is 153 cm³/mol. The van der Waals surface area contributed by atoms with Crippen molar-refractivity contribution in [3.63, 3.8) is 0 Å². The molecule has 0 bridgehead atoms. The Kier molecular flexibility index (Phi) is 7.66. The molecule has 4 heteroatoms. The minimum atomic E-state index is -1.71. The maximum Gasteiger partial charge on any atom is 0.107 e. The van der Waals surface area contributed by atoms with Crippen molar-refractivity contribution in [1.82, 2.24) is 9.88 Å². The van der Waals surface area contributed by atoms with Gasteiger partial charge in [0, 0.05) is 33.9 Å². The zero-order valence-corrected chi connectivity index (χ0v) is 24.1. The number of para-hydroxylation sites is 1. The lowest BCUT2D eigenvalue weighted by Gasteiger charge is -2.45. The van der Waals surface area contributed by atoms with E-state index in [-0.39, 0.29) is 10.6 Å². The molecule has 1 heterocycles. The molecule has 1 saturated carbocycles. The number of likely N-dealkylation sites (N-methyl/N-ethyl adjacent to an activating group) is 1. The Bertz CT molecular complexity index is 1100. The van der Waals surface area contributed by atoms with Gasteiger partial charge in [-0.05, 0) is 68.8 Å². The van der Waals surface area contributed by atoms with Crippen LogP contribution in [-0.2, 0) is 17.8 Å². The van der Waals surface area contributed by atoms with Gasteiger partial charge in [-0.1, -0.05) is 82.4 Å². The molecule has 1 N–H and O–H groups in total. The summed E-state index contributed by atoms with van der Waals surface area (Å²) in [4.78, 5) is 6.30. The molecular formula is C31H46N2OSi. The molecule has 0 spiro atoms. The van der Waals surface area contributed by atoms with Crippen LogP contribution in [0.15, 0.2) is 54.6 Å². The third-order valence-corrected chi connectivity index (χ3v) is 14.7. The van der Waals surface area contributed by atoms with Crippen LogP contribution in [-0.4, -0.2) is 44.2 Å². The Morgan fingerprint density at radius 3 is 2.23 bits per heavy atom. The number of fused-ring (bicyclic) bond motifs is 1. The number of hydrogen-bond donors (Lipinski definition) is 1. The highest BCUT2D eigenvalue weighted by molar-refractivity contribution is 6.92. The maximum absolute atomic E-state index is 6.51. The molecule has 0 radical (unpaired) electrons. The predicted octanol–water partition coefficient (Wildman–Crippen LogP) is 7.13. The van der Waals surface area contributed by atoms with Gasteiger partial charge in [0.1, 0.15) is 8.07 Å². The highest BCUT2D eigenvalue weighted by Crippen LogP contribution is 2.39. The van der Waals surface area contributed by atoms with E-state index in [4.69, 9.17) is 4.74 Å². The third kappa shape index (κ3) is 5.45. The van der Waals surface area contributed by atoms with Gasteiger partial charge >= 0.3 is 0 Å². The number of benzene rings is 2. The van der Waals surface area contributed by atoms with E-state index in [1.807, 2.05) is 0 Å². The molecule has 1 fully saturated rings. The summed E-state index contributed by atoms with van der Waals surface area (Å²) in [5, 5.41) is 3.08. The Morgan fingerprint density at radius 1 is 0.971 bits per heavy atom. The minimum absolute atomic E-state index is 0.268. The van der Waals surface area contributed by atoms with Crippen LogP contribution in [0.5, 0.6) is 0 Å². The van der Waals surface area contributed by atoms with Crippen molar-refractivity contribution in [2.24, 2.45) is 5.92 Å². The molecule has 2 aromatic carbocycles. The smallest absolute Gasteiger partial charge is 0.107 e. The summed E-state index contributed by atoms with van der Waals surface area (Å²) in [5.41, 5.74) is 4.37. The molecule has 1 aliphatic rings. The first-order valence-electron chi connectivity index (χ1n) is 13.4. The summed E-state index contributed by atoms with van der Waals surface area (Å²) in [6.07, 6.45) is 6.11. The fraction of sp³-hybridized carbons (Fsp3) is 0.548. The highest BCUT2D eigenvalue weighted by atomic mass is 28.3. The van der Waals surface area contributed by atoms with Gasteiger partial charge in [0.2, 0.25) is 0 Å². The number of rotatable bonds is 8. The standard InChI is InChI=1S/C31H46N2OSi/c1-30(2,3)35(6,7)29-27(26-15-11-12-16-28(26)32-29)23-34-22-25-17-19-31(20-18-25,33(4)5)21-24-13-9-8-10-14-24/h8-16,25,32H,17-23H2,1-7H3. The molecule has 190 valence electrons. The molecule has 4 rings (SSSR count). The fourth-order valence-electron chi connectivity index (χ4n) is 5.73. The van der Waals surface area contributed by atoms with Crippen LogP contribution < -0.4 is 5.32 Å². The maximum atomic E-state index is 6.51. The zero-order chi connectivity index (χ0) is 25.3. The van der Waals surface area contributed by atoms with Crippen molar-refractivity contribution in [3.8, 4) is 0 Å². The summed E-state index contributed by atoms with van der Waals surface area (Å²) in [6.45, 7) is 13.7. The molecule has 0 unspecified atom stereocenters. The molecule has 0 saturated heterocycles. The van der Waals surface area contributed by atoms with Crippen LogP contribution in [0.4, 0.5) is 0 Å². The normalized spacial score (nSPS) is 21.7. The molecular weight excluding hydrogens is 444 g/mol. The summed E-state index contributed by atoms with van der Waals surface area (Å²) < 4.78 is 6.51. The van der Waals surface area contributed by atoms with Gasteiger partial charge in [-0.15, -0.1) is 0 Å². The molecule has 35 heavy (non-hydrogen) atoms. The van der Waals surface area contributed by atoms with Gasteiger partial charge in [0.05, 0.1) is 6.61 Å². The second-order valence-corrected chi connectivity index (χ2v) is 17.9. The SMILES string of the molecule is CN(C)C1(Cc2ccccc2)CCC(COCc2c([Si](C)(C)C(C)(C)C)[nH]c3ccccc23)CC1. The van der Waals surface area contributed by atoms with Crippen molar-refractivity contribution in [3.05, 3.63) is 65.7 Å². The summed E-state index contributed by atoms with van der Waals surface area (Å²) in [6, 6.07) is 19.8. The minimum Gasteiger partial charge on any atom is -0.376 e. The van der Waals surface area contributed by atoms with E-state index in [9.17, 15) is 0 Å². The zero-order valence-electron chi connectivity index (χ0n) is 23.1. The quantitative estimate of drug-likeness (QED) is 0.340. The molecule has 3 nitrogen and oxygen atoms in total. The molecule has 0 atom stereocenters. The lowest BCUT2D eigenvalue weighted by Crippen LogP contribution is -2.51. The van der Waals surface area contributed by atoms with Crippen LogP contribution in [0, 0.1) is 5.92 Å². The molecule has 0 aliphatic heterocycles. The van der Waals surface area contributed by atoms with E-state index in [2.05, 4.69) is 112 Å². The average Bonchev–Trinajstić information content (AvgIpc) is 3.19. The number of hydrogen-bond acceptors (Lipinski definition) is 2. The van der Waals surface area contributed by atoms with Crippen molar-refractivity contribution in [2.75, 3.05) is 20.7 Å². The van der Waals surface area contributed by atoms with Crippen LogP contribution in [0.3, 0.4) is 0 Å². The van der Waals surface area contributed by atoms with Gasteiger partial charge in [-0.3, -0.25) is 0 Å². The van der Waals surface area contributed by atoms with E-state index >= 15 is 0 Å². The first kappa shape index (κ1) is 26.2. The van der Waals surface area contributed by atoms with Crippen molar-refractivity contribution in [1.29, 1.82) is 0 Å². The van der Waals surface area contributed by atoms with Crippen molar-refractivity contribution >= 4 is 24.3 Å². The Hall–Kier alpha value is -1.88. The topological polar surface area (TPSA) is 28.3 Å². The largest absolute Gasteiger partial charge is 0.376 e. The van der Waals surface area contributed by atoms with Crippen LogP contribution in [0.1, 0.15) is 57.6 Å². The second kappa shape index (κ2) is 10.2. The van der Waals surface area contributed by atoms with Crippen LogP contribution >= 0.6 is 0 Å². The Balaban J connectivity index is 1.42. The first-order chi connectivity index (χ1) is 16.5. The number of nitrogens with one attached hydrogen (secondary N) is 1. The lowest BCUT2D eigenvalue weighted by atomic mass is 9.73. The first-order valence-corrected chi connectivity index (χ1v) is 16.4. The molecule has 1 aliphatic carbocycles. The molecule has 3 aromatic rings. The van der Waals surface area contributed by atoms with Crippen molar-refractivity contribution < 1.29 is 4.74 Å². The van der Waals surface area contributed by atoms with Gasteiger partial charge in [0.25, 0.3) is 0 Å². The number of aromatic amines is 1. The number of aromatic nitrogens is 1. The second-order valence-electron chi connectivity index (χ2n) is 12.6. The number of ether oxygens (including phenoxy) is 1. The van der Waals surface area contributed by atoms with Gasteiger partial charge in [-0.2, -0.15) is 0 Å². The number of H-pyrrole nitrogens is 1. The molecule has 0 amide bonds. The Labute approximate surface area is 214 Å². The van der Waals surface area contributed by atoms with E-state index in [1.165, 1.54) is 53.0 Å². The summed E-state index contributed by atoms with van der Waals surface area (Å²) in [5.74, 6) is 0.653. The lowest BCUT2D eigenvalue weighted by molar-refractivity contribution is 0.0310. The highest BCUT2D eigenvalue weighted by Gasteiger charge is 2.40. The average molecular weight is 491 g/mol. The number of nitrogens with zero attached hydrogens (tertiary/aromatic N) is 1. The van der Waals surface area contributed by atoms with Gasteiger partial charge in [-0.25, -0.2) is 0 Å². The van der Waals surface area contributed by atoms with E-state index in [1.54, 1.807) is 0 Å². The molecule has 1 aromatic heterocycles. The third-order valence-electron chi connectivity index (χ3n) is 9.27. The summed E-state index contributed by atoms with van der Waals surface area (Å²) in [7, 11) is 2.82. The monoisotopic (exact) mass is 490 g/mol. The fourth-order valence-corrected chi connectivity index (χ4v) is 7.88. The van der Waals surface area contributed by atoms with E-state index in [0.717, 1.165) is 13.0 Å². The van der Waals surface area contributed by atoms with Crippen LogP contribution in [0.2, 0.25) is 18.1 Å². The van der Waals surface area contributed by atoms with Gasteiger partial charge < -0.3 is 14.6 Å². The van der Waals surface area contributed by atoms with E-state index < -0.39 is 8.07 Å². The van der Waals surface area contributed by atoms with Crippen LogP contribution in [0.25, 0.3) is 10.9 Å². The Morgan fingerprint density at radius 2 is 1.60 bits per heavy atom.